The Kier molecular flexibility index (Phi) is 29.3. The fourth-order valence-corrected chi connectivity index (χ4v) is 16.1. The van der Waals surface area contributed by atoms with Crippen LogP contribution in [0.1, 0.15) is 106 Å². The lowest BCUT2D eigenvalue weighted by Gasteiger charge is -2.24. The molecule has 6 aromatic rings. The second-order valence-corrected chi connectivity index (χ2v) is 33.6. The van der Waals surface area contributed by atoms with Crippen LogP contribution in [0, 0.1) is 72.2 Å². The van der Waals surface area contributed by atoms with Crippen LogP contribution in [0.3, 0.4) is 0 Å². The predicted octanol–water partition coefficient (Wildman–Crippen LogP) is 10.9. The zero-order valence-electron chi connectivity index (χ0n) is 68.1. The third kappa shape index (κ3) is 24.8. The third-order valence-corrected chi connectivity index (χ3v) is 22.9. The quantitative estimate of drug-likeness (QED) is 0.00802. The van der Waals surface area contributed by atoms with Crippen molar-refractivity contribution in [3.63, 3.8) is 0 Å². The Balaban J connectivity index is 0.000000242. The summed E-state index contributed by atoms with van der Waals surface area (Å²) in [4.78, 5) is 92.2. The van der Waals surface area contributed by atoms with Gasteiger partial charge >= 0.3 is 57.8 Å². The highest BCUT2D eigenvalue weighted by Gasteiger charge is 2.54. The fraction of sp³-hybridized carbons (Fsp3) is 0.500. The molecule has 6 heterocycles. The number of rotatable bonds is 30. The molecule has 3 aliphatic rings. The average molecular weight is 1660 g/mol. The number of aliphatic hydroxyl groups excluding tert-OH is 3. The van der Waals surface area contributed by atoms with Crippen LogP contribution in [0.4, 0.5) is 0 Å². The molecule has 0 radical (unpaired) electrons. The van der Waals surface area contributed by atoms with Gasteiger partial charge in [0.05, 0.1) is 82.5 Å². The highest BCUT2D eigenvalue weighted by Crippen LogP contribution is 2.54. The Labute approximate surface area is 663 Å². The summed E-state index contributed by atoms with van der Waals surface area (Å²) in [6, 6.07) is 19.3. The monoisotopic (exact) mass is 1660 g/mol. The Morgan fingerprint density at radius 1 is 0.459 bits per heavy atom. The Morgan fingerprint density at radius 2 is 0.685 bits per heavy atom. The second-order valence-electron chi connectivity index (χ2n) is 26.5. The number of hydrogen-bond acceptors (Lipinski definition) is 27. The summed E-state index contributed by atoms with van der Waals surface area (Å²) in [5.74, 6) is -4.82. The molecule has 3 aliphatic heterocycles. The first kappa shape index (κ1) is 80.6. The second kappa shape index (κ2) is 40.3. The molecule has 18 atom stereocenters. The minimum Gasteiger partial charge on any atom is -0.463 e. The maximum Gasteiger partial charge on any atom is 0.380 e. The number of carbonyl (C=O) groups is 3. The van der Waals surface area contributed by atoms with E-state index in [2.05, 4.69) is 29.5 Å². The van der Waals surface area contributed by atoms with Gasteiger partial charge in [0.25, 0.3) is 18.1 Å². The summed E-state index contributed by atoms with van der Waals surface area (Å²) < 4.78 is 162. The number of aliphatic hydroxyl groups is 3. The number of aromatic amines is 3. The number of nitrogens with one attached hydrogen (secondary N) is 3. The van der Waals surface area contributed by atoms with Crippen molar-refractivity contribution < 1.29 is 107 Å². The zero-order chi connectivity index (χ0) is 87.4. The predicted molar refractivity (Wildman–Crippen MR) is 410 cm³/mol. The standard InChI is InChI=1S/3C24H30N3O8PS/c3*1-14(2)33-23(29)16(4)13-36(31,35-17-9-7-6-8-10-17)32-12-18-20(28)19(25-5)22(34-18)27-11-15(3)21(37)26-24(27)30/h3*6-11,14,16,18-20,22,28H,12-13H2,1-4H3,(H,26,30,37)/t16-,18+,19-,20?,22+,36?;16-,18+,19-,20?,22+,36+;16-,18+,19-,20?,22+,36-/m111/s1/i3*12D2. The number of aryl methyl sites for hydroxylation is 3. The van der Waals surface area contributed by atoms with E-state index in [1.807, 2.05) is 0 Å². The topological polar surface area (TPSA) is 400 Å². The molecule has 0 saturated carbocycles. The van der Waals surface area contributed by atoms with Crippen LogP contribution in [0.15, 0.2) is 124 Å². The lowest BCUT2D eigenvalue weighted by molar-refractivity contribution is -0.152. The number of nitrogens with zero attached hydrogens (tertiary/aromatic N) is 6. The van der Waals surface area contributed by atoms with Gasteiger partial charge in [0.2, 0.25) is 18.7 Å². The van der Waals surface area contributed by atoms with Crippen molar-refractivity contribution in [2.45, 2.75) is 175 Å². The molecule has 33 nitrogen and oxygen atoms in total. The van der Waals surface area contributed by atoms with E-state index in [1.165, 1.54) is 75.8 Å². The van der Waals surface area contributed by atoms with Crippen molar-refractivity contribution in [1.82, 2.24) is 28.7 Å². The molecule has 39 heteroatoms. The van der Waals surface area contributed by atoms with Crippen molar-refractivity contribution in [2.75, 3.05) is 38.2 Å². The zero-order valence-corrected chi connectivity index (χ0v) is 67.2. The number of esters is 3. The minimum atomic E-state index is -4.47. The Bertz CT molecular complexity index is 4680. The molecule has 0 aliphatic carbocycles. The van der Waals surface area contributed by atoms with E-state index < -0.39 is 205 Å². The molecule has 0 amide bonds. The van der Waals surface area contributed by atoms with Gasteiger partial charge in [0.15, 0.2) is 18.3 Å². The van der Waals surface area contributed by atoms with Gasteiger partial charge in [-0.2, -0.15) is 0 Å². The Morgan fingerprint density at radius 3 is 0.892 bits per heavy atom. The first-order valence-corrected chi connectivity index (χ1v) is 40.7. The first-order chi connectivity index (χ1) is 54.5. The van der Waals surface area contributed by atoms with Gasteiger partial charge in [-0.3, -0.25) is 56.6 Å². The highest BCUT2D eigenvalue weighted by molar-refractivity contribution is 7.71. The SMILES string of the molecule is [2H]C([2H])(OP(=O)(C[C@@H](C)C(=O)OC(C)C)Oc1ccccc1)[C@@H]1O[C@H](n2cc(C)c(=S)[nH]c2=O)[C@H]([N+]#[C-])C1O.[2H]C([2H])(O[P@@](=O)(C[C@@H](C)C(=O)OC(C)C)Oc1ccccc1)[C@@H]1O[C@H](n2cc(C)c(=S)[nH]c2=O)[C@H]([N+]#[C-])C1O.[2H]C([2H])(O[P@](=O)(C[C@@H](C)C(=O)OC(C)C)Oc1ccccc1)[C@@H]1O[C@H](n2cc(C)c(=S)[nH]c2=O)[C@H]([N+]#[C-])C1O. The van der Waals surface area contributed by atoms with Crippen molar-refractivity contribution >= 4 is 77.3 Å². The normalized spacial score (nSPS) is 24.9. The van der Waals surface area contributed by atoms with Crippen molar-refractivity contribution in [3.05, 3.63) is 206 Å². The van der Waals surface area contributed by atoms with Crippen LogP contribution in [0.25, 0.3) is 14.5 Å². The van der Waals surface area contributed by atoms with Crippen LogP contribution in [0.2, 0.25) is 0 Å². The van der Waals surface area contributed by atoms with Gasteiger partial charge in [-0.05, 0) is 98.7 Å². The molecule has 3 fully saturated rings. The van der Waals surface area contributed by atoms with E-state index in [1.54, 1.807) is 117 Å². The molecular formula is C72H90N9O24P3S3. The number of hydrogen-bond donors (Lipinski definition) is 6. The fourth-order valence-electron chi connectivity index (χ4n) is 10.6. The number of benzene rings is 3. The van der Waals surface area contributed by atoms with E-state index >= 15 is 0 Å². The molecule has 3 aromatic carbocycles. The third-order valence-electron chi connectivity index (χ3n) is 16.1. The van der Waals surface area contributed by atoms with Gasteiger partial charge in [-0.15, -0.1) is 0 Å². The van der Waals surface area contributed by atoms with Crippen molar-refractivity contribution in [2.24, 2.45) is 17.8 Å². The molecule has 4 unspecified atom stereocenters. The van der Waals surface area contributed by atoms with Crippen LogP contribution in [-0.2, 0) is 70.1 Å². The van der Waals surface area contributed by atoms with Gasteiger partial charge in [-0.1, -0.05) is 112 Å². The van der Waals surface area contributed by atoms with Gasteiger partial charge < -0.3 is 71.8 Å². The van der Waals surface area contributed by atoms with Crippen molar-refractivity contribution in [3.8, 4) is 17.2 Å². The summed E-state index contributed by atoms with van der Waals surface area (Å²) in [6.45, 7) is 32.7. The summed E-state index contributed by atoms with van der Waals surface area (Å²) in [6.07, 6.45) is -14.1. The van der Waals surface area contributed by atoms with Gasteiger partial charge in [0.1, 0.15) is 49.5 Å². The average Bonchev–Trinajstić information content (AvgIpc) is 1.64. The summed E-state index contributed by atoms with van der Waals surface area (Å²) in [5.41, 5.74) is -0.732. The van der Waals surface area contributed by atoms with Gasteiger partial charge in [0, 0.05) is 35.3 Å². The molecule has 6 N–H and O–H groups in total. The number of aromatic nitrogens is 6. The lowest BCUT2D eigenvalue weighted by atomic mass is 10.1. The highest BCUT2D eigenvalue weighted by atomic mass is 32.1. The molecule has 0 spiro atoms. The van der Waals surface area contributed by atoms with E-state index in [0.717, 1.165) is 13.7 Å². The lowest BCUT2D eigenvalue weighted by Crippen LogP contribution is -2.34. The van der Waals surface area contributed by atoms with E-state index in [0.29, 0.717) is 16.7 Å². The molecule has 3 saturated heterocycles. The van der Waals surface area contributed by atoms with Crippen LogP contribution in [-0.4, -0.2) is 173 Å². The summed E-state index contributed by atoms with van der Waals surface area (Å²) in [7, 11) is -13.4. The molecule has 3 aromatic heterocycles. The molecular weight excluding hydrogens is 1560 g/mol. The summed E-state index contributed by atoms with van der Waals surface area (Å²) in [5, 5.41) is 32.6. The van der Waals surface area contributed by atoms with E-state index in [9.17, 15) is 57.8 Å². The minimum absolute atomic E-state index is 0.0902. The van der Waals surface area contributed by atoms with Crippen LogP contribution in [0.5, 0.6) is 17.2 Å². The number of ether oxygens (including phenoxy) is 6. The maximum absolute atomic E-state index is 13.9. The number of carbonyl (C=O) groups excluding carboxylic acids is 3. The maximum atomic E-state index is 13.9. The van der Waals surface area contributed by atoms with Crippen LogP contribution >= 0.6 is 59.4 Å². The number of para-hydroxylation sites is 3. The van der Waals surface area contributed by atoms with Crippen LogP contribution < -0.4 is 30.6 Å². The van der Waals surface area contributed by atoms with E-state index in [-0.39, 0.29) is 31.2 Å². The molecule has 111 heavy (non-hydrogen) atoms. The molecule has 9 rings (SSSR count). The first-order valence-electron chi connectivity index (χ1n) is 37.3. The molecule has 0 bridgehead atoms. The summed E-state index contributed by atoms with van der Waals surface area (Å²) >= 11 is 15.1. The number of H-pyrrole nitrogens is 3. The molecule has 600 valence electrons. The Hall–Kier alpha value is -8.43. The van der Waals surface area contributed by atoms with E-state index in [4.69, 9.17) is 120 Å². The largest absolute Gasteiger partial charge is 0.463 e. The smallest absolute Gasteiger partial charge is 0.380 e. The van der Waals surface area contributed by atoms with Crippen molar-refractivity contribution in [1.29, 1.82) is 0 Å². The van der Waals surface area contributed by atoms with Gasteiger partial charge in [-0.25, -0.2) is 47.8 Å².